The average Bonchev–Trinajstić information content (AvgIpc) is 2.72. The Labute approximate surface area is 170 Å². The predicted octanol–water partition coefficient (Wildman–Crippen LogP) is 3.19. The number of ketones is 1. The van der Waals surface area contributed by atoms with Crippen molar-refractivity contribution in [2.45, 2.75) is 51.0 Å². The Morgan fingerprint density at radius 3 is 2.52 bits per heavy atom. The molecule has 1 aromatic carbocycles. The van der Waals surface area contributed by atoms with Gasteiger partial charge in [0.2, 0.25) is 5.88 Å². The van der Waals surface area contributed by atoms with Gasteiger partial charge in [0.15, 0.2) is 17.3 Å². The maximum absolute atomic E-state index is 11.7. The van der Waals surface area contributed by atoms with Crippen molar-refractivity contribution in [1.29, 1.82) is 0 Å². The number of carbonyl (C=O) groups is 1. The Balaban J connectivity index is 1.55. The van der Waals surface area contributed by atoms with Gasteiger partial charge in [-0.1, -0.05) is 24.3 Å². The van der Waals surface area contributed by atoms with Crippen LogP contribution in [0.1, 0.15) is 56.6 Å². The zero-order valence-corrected chi connectivity index (χ0v) is 16.8. The van der Waals surface area contributed by atoms with Gasteiger partial charge in [0.05, 0.1) is 5.71 Å². The molecule has 1 aliphatic carbocycles. The standard InChI is InChI=1S/C22H26N4O3/c1-22(2)19(26-18-20(23)24-12-25-21(18)29-22)16-9-5-14(6-10-16)13-3-7-15(8-4-13)17(28)11-27/h5-6,9-10,12-13,15,27H,3-4,7-8,11H2,1-2H3,(H2,23,24,25). The Morgan fingerprint density at radius 1 is 1.17 bits per heavy atom. The van der Waals surface area contributed by atoms with Gasteiger partial charge in [-0.25, -0.2) is 9.98 Å². The number of ether oxygens (including phenoxy) is 1. The van der Waals surface area contributed by atoms with E-state index in [0.29, 0.717) is 23.3 Å². The molecule has 7 heteroatoms. The van der Waals surface area contributed by atoms with E-state index in [1.54, 1.807) is 0 Å². The van der Waals surface area contributed by atoms with E-state index in [2.05, 4.69) is 34.2 Å². The van der Waals surface area contributed by atoms with Gasteiger partial charge in [-0.2, -0.15) is 4.98 Å². The van der Waals surface area contributed by atoms with Gasteiger partial charge in [-0.05, 0) is 51.0 Å². The third-order valence-corrected chi connectivity index (χ3v) is 5.96. The second-order valence-corrected chi connectivity index (χ2v) is 8.28. The summed E-state index contributed by atoms with van der Waals surface area (Å²) in [5.74, 6) is 1.12. The molecule has 2 aliphatic rings. The van der Waals surface area contributed by atoms with Gasteiger partial charge in [-0.15, -0.1) is 0 Å². The van der Waals surface area contributed by atoms with Crippen molar-refractivity contribution in [2.24, 2.45) is 10.9 Å². The lowest BCUT2D eigenvalue weighted by Crippen LogP contribution is -2.41. The first-order valence-corrected chi connectivity index (χ1v) is 10.0. The molecule has 0 radical (unpaired) electrons. The molecule has 0 unspecified atom stereocenters. The monoisotopic (exact) mass is 394 g/mol. The second kappa shape index (κ2) is 7.55. The van der Waals surface area contributed by atoms with Gasteiger partial charge in [0, 0.05) is 11.5 Å². The van der Waals surface area contributed by atoms with Crippen LogP contribution in [0.3, 0.4) is 0 Å². The topological polar surface area (TPSA) is 111 Å². The molecule has 1 fully saturated rings. The Kier molecular flexibility index (Phi) is 5.08. The number of carbonyl (C=O) groups excluding carboxylic acids is 1. The fourth-order valence-electron chi connectivity index (χ4n) is 4.29. The highest BCUT2D eigenvalue weighted by Crippen LogP contribution is 2.40. The number of fused-ring (bicyclic) bond motifs is 1. The van der Waals surface area contributed by atoms with Crippen LogP contribution < -0.4 is 10.5 Å². The SMILES string of the molecule is CC1(C)Oc2ncnc(N)c2N=C1c1ccc(C2CCC(C(=O)CO)CC2)cc1. The second-order valence-electron chi connectivity index (χ2n) is 8.28. The predicted molar refractivity (Wildman–Crippen MR) is 111 cm³/mol. The number of aliphatic hydroxyl groups is 1. The van der Waals surface area contributed by atoms with Crippen LogP contribution in [0.2, 0.25) is 0 Å². The molecule has 0 atom stereocenters. The molecule has 2 heterocycles. The first-order valence-electron chi connectivity index (χ1n) is 10.0. The van der Waals surface area contributed by atoms with Crippen molar-refractivity contribution in [3.05, 3.63) is 41.7 Å². The summed E-state index contributed by atoms with van der Waals surface area (Å²) in [6.45, 7) is 3.57. The molecule has 0 bridgehead atoms. The van der Waals surface area contributed by atoms with E-state index in [-0.39, 0.29) is 18.3 Å². The summed E-state index contributed by atoms with van der Waals surface area (Å²) in [7, 11) is 0. The number of aliphatic hydroxyl groups excluding tert-OH is 1. The normalized spacial score (nSPS) is 22.9. The minimum atomic E-state index is -0.641. The van der Waals surface area contributed by atoms with Gasteiger partial charge in [0.25, 0.3) is 0 Å². The van der Waals surface area contributed by atoms with E-state index in [0.717, 1.165) is 37.0 Å². The summed E-state index contributed by atoms with van der Waals surface area (Å²) in [4.78, 5) is 24.6. The summed E-state index contributed by atoms with van der Waals surface area (Å²) in [5, 5.41) is 9.06. The van der Waals surface area contributed by atoms with Crippen LogP contribution in [0.5, 0.6) is 5.88 Å². The third-order valence-electron chi connectivity index (χ3n) is 5.96. The van der Waals surface area contributed by atoms with Crippen LogP contribution in [0, 0.1) is 5.92 Å². The van der Waals surface area contributed by atoms with Crippen LogP contribution >= 0.6 is 0 Å². The molecular weight excluding hydrogens is 368 g/mol. The molecule has 1 aromatic heterocycles. The van der Waals surface area contributed by atoms with Crippen LogP contribution in [0.25, 0.3) is 0 Å². The summed E-state index contributed by atoms with van der Waals surface area (Å²) in [6.07, 6.45) is 4.99. The number of hydrogen-bond acceptors (Lipinski definition) is 7. The van der Waals surface area contributed by atoms with E-state index >= 15 is 0 Å². The van der Waals surface area contributed by atoms with E-state index in [1.165, 1.54) is 11.9 Å². The van der Waals surface area contributed by atoms with Crippen molar-refractivity contribution >= 4 is 23.0 Å². The van der Waals surface area contributed by atoms with Crippen LogP contribution in [0.4, 0.5) is 11.5 Å². The number of nitrogen functional groups attached to an aromatic ring is 1. The lowest BCUT2D eigenvalue weighted by atomic mass is 9.77. The van der Waals surface area contributed by atoms with Crippen LogP contribution in [-0.4, -0.2) is 38.8 Å². The fraction of sp³-hybridized carbons (Fsp3) is 0.455. The smallest absolute Gasteiger partial charge is 0.246 e. The molecule has 4 rings (SSSR count). The highest BCUT2D eigenvalue weighted by Gasteiger charge is 2.35. The highest BCUT2D eigenvalue weighted by molar-refractivity contribution is 6.09. The number of nitrogens with two attached hydrogens (primary N) is 1. The summed E-state index contributed by atoms with van der Waals surface area (Å²) in [6, 6.07) is 8.39. The first-order chi connectivity index (χ1) is 13.9. The largest absolute Gasteiger partial charge is 0.463 e. The van der Waals surface area contributed by atoms with E-state index in [4.69, 9.17) is 20.6 Å². The van der Waals surface area contributed by atoms with Crippen molar-refractivity contribution in [3.8, 4) is 5.88 Å². The van der Waals surface area contributed by atoms with Gasteiger partial charge in [-0.3, -0.25) is 4.79 Å². The van der Waals surface area contributed by atoms with Crippen molar-refractivity contribution in [3.63, 3.8) is 0 Å². The molecule has 152 valence electrons. The number of anilines is 1. The Morgan fingerprint density at radius 2 is 1.86 bits per heavy atom. The molecular formula is C22H26N4O3. The molecule has 3 N–H and O–H groups in total. The van der Waals surface area contributed by atoms with Crippen molar-refractivity contribution in [2.75, 3.05) is 12.3 Å². The number of rotatable bonds is 4. The summed E-state index contributed by atoms with van der Waals surface area (Å²) < 4.78 is 6.04. The lowest BCUT2D eigenvalue weighted by molar-refractivity contribution is -0.126. The van der Waals surface area contributed by atoms with E-state index in [1.807, 2.05) is 13.8 Å². The molecule has 29 heavy (non-hydrogen) atoms. The minimum Gasteiger partial charge on any atom is -0.463 e. The van der Waals surface area contributed by atoms with E-state index in [9.17, 15) is 4.79 Å². The van der Waals surface area contributed by atoms with Crippen molar-refractivity contribution < 1.29 is 14.6 Å². The van der Waals surface area contributed by atoms with Gasteiger partial charge < -0.3 is 15.6 Å². The maximum atomic E-state index is 11.7. The molecule has 1 saturated carbocycles. The zero-order valence-electron chi connectivity index (χ0n) is 16.8. The van der Waals surface area contributed by atoms with Crippen molar-refractivity contribution in [1.82, 2.24) is 9.97 Å². The number of benzene rings is 1. The number of nitrogens with zero attached hydrogens (tertiary/aromatic N) is 3. The quantitative estimate of drug-likeness (QED) is 0.824. The molecule has 7 nitrogen and oxygen atoms in total. The first kappa shape index (κ1) is 19.5. The molecule has 0 spiro atoms. The summed E-state index contributed by atoms with van der Waals surface area (Å²) >= 11 is 0. The van der Waals surface area contributed by atoms with Gasteiger partial charge >= 0.3 is 0 Å². The Hall–Kier alpha value is -2.80. The summed E-state index contributed by atoms with van der Waals surface area (Å²) in [5.41, 5.74) is 8.81. The van der Waals surface area contributed by atoms with Crippen LogP contribution in [0.15, 0.2) is 35.6 Å². The zero-order chi connectivity index (χ0) is 20.6. The molecule has 0 saturated heterocycles. The number of Topliss-reactive ketones (excluding diaryl/α,β-unsaturated/α-hetero) is 1. The highest BCUT2D eigenvalue weighted by atomic mass is 16.5. The Bertz CT molecular complexity index is 945. The van der Waals surface area contributed by atoms with Gasteiger partial charge in [0.1, 0.15) is 18.5 Å². The fourth-order valence-corrected chi connectivity index (χ4v) is 4.29. The number of aromatic nitrogens is 2. The molecule has 2 aromatic rings. The number of aliphatic imine (C=N–C) groups is 1. The third kappa shape index (κ3) is 3.74. The van der Waals surface area contributed by atoms with Crippen LogP contribution in [-0.2, 0) is 4.79 Å². The minimum absolute atomic E-state index is 0.0119. The average molecular weight is 394 g/mol. The number of hydrogen-bond donors (Lipinski definition) is 2. The lowest BCUT2D eigenvalue weighted by Gasteiger charge is -2.32. The maximum Gasteiger partial charge on any atom is 0.246 e. The molecule has 0 amide bonds. The van der Waals surface area contributed by atoms with E-state index < -0.39 is 5.60 Å². The molecule has 1 aliphatic heterocycles.